The molecule has 0 amide bonds. The molecule has 4 nitrogen and oxygen atoms in total. The van der Waals surface area contributed by atoms with Crippen molar-refractivity contribution in [2.45, 2.75) is 18.9 Å². The minimum absolute atomic E-state index is 0.354. The highest BCUT2D eigenvalue weighted by molar-refractivity contribution is 5.28. The predicted molar refractivity (Wildman–Crippen MR) is 65.9 cm³/mol. The van der Waals surface area contributed by atoms with Crippen molar-refractivity contribution in [3.63, 3.8) is 0 Å². The highest BCUT2D eigenvalue weighted by Crippen LogP contribution is 2.39. The lowest BCUT2D eigenvalue weighted by molar-refractivity contribution is 0.510. The zero-order chi connectivity index (χ0) is 11.7. The second-order valence-corrected chi connectivity index (χ2v) is 4.50. The number of para-hydroxylation sites is 1. The third-order valence-electron chi connectivity index (χ3n) is 3.22. The van der Waals surface area contributed by atoms with E-state index >= 15 is 0 Å². The van der Waals surface area contributed by atoms with Crippen molar-refractivity contribution in [2.24, 2.45) is 5.92 Å². The lowest BCUT2D eigenvalue weighted by atomic mass is 10.1. The first-order chi connectivity index (χ1) is 8.38. The van der Waals surface area contributed by atoms with Crippen LogP contribution in [0.5, 0.6) is 0 Å². The molecule has 1 aromatic carbocycles. The number of hydrogen-bond donors (Lipinski definition) is 1. The minimum atomic E-state index is 0.354. The maximum Gasteiger partial charge on any atom is 0.100 e. The molecule has 0 spiro atoms. The van der Waals surface area contributed by atoms with Crippen molar-refractivity contribution in [3.05, 3.63) is 42.2 Å². The summed E-state index contributed by atoms with van der Waals surface area (Å²) in [4.78, 5) is 1.70. The van der Waals surface area contributed by atoms with Gasteiger partial charge >= 0.3 is 0 Å². The Bertz CT molecular complexity index is 487. The van der Waals surface area contributed by atoms with Gasteiger partial charge in [0.25, 0.3) is 0 Å². The summed E-state index contributed by atoms with van der Waals surface area (Å²) < 4.78 is 0. The van der Waals surface area contributed by atoms with Crippen molar-refractivity contribution in [2.75, 3.05) is 7.05 Å². The summed E-state index contributed by atoms with van der Waals surface area (Å²) in [5.41, 5.74) is 2.04. The maximum atomic E-state index is 4.56. The lowest BCUT2D eigenvalue weighted by Crippen LogP contribution is -2.19. The first-order valence-corrected chi connectivity index (χ1v) is 6.03. The molecule has 4 heteroatoms. The van der Waals surface area contributed by atoms with Crippen LogP contribution >= 0.6 is 0 Å². The molecule has 88 valence electrons. The van der Waals surface area contributed by atoms with Crippen LogP contribution in [0.25, 0.3) is 5.69 Å². The topological polar surface area (TPSA) is 42.7 Å². The van der Waals surface area contributed by atoms with Gasteiger partial charge in [0.05, 0.1) is 17.9 Å². The van der Waals surface area contributed by atoms with Crippen LogP contribution in [0, 0.1) is 5.92 Å². The van der Waals surface area contributed by atoms with Crippen LogP contribution in [0.4, 0.5) is 0 Å². The molecule has 1 heterocycles. The summed E-state index contributed by atoms with van der Waals surface area (Å²) >= 11 is 0. The van der Waals surface area contributed by atoms with Gasteiger partial charge in [0.2, 0.25) is 0 Å². The van der Waals surface area contributed by atoms with E-state index in [2.05, 4.69) is 15.5 Å². The molecule has 0 aliphatic heterocycles. The monoisotopic (exact) mass is 228 g/mol. The zero-order valence-electron chi connectivity index (χ0n) is 9.87. The third-order valence-corrected chi connectivity index (χ3v) is 3.22. The van der Waals surface area contributed by atoms with Gasteiger partial charge in [0.15, 0.2) is 0 Å². The Balaban J connectivity index is 1.87. The van der Waals surface area contributed by atoms with E-state index in [1.807, 2.05) is 43.6 Å². The summed E-state index contributed by atoms with van der Waals surface area (Å²) in [6.45, 7) is 0. The first-order valence-electron chi connectivity index (χ1n) is 6.03. The van der Waals surface area contributed by atoms with E-state index < -0.39 is 0 Å². The van der Waals surface area contributed by atoms with Crippen LogP contribution in [0.3, 0.4) is 0 Å². The van der Waals surface area contributed by atoms with Gasteiger partial charge in [-0.05, 0) is 37.9 Å². The van der Waals surface area contributed by atoms with Gasteiger partial charge in [-0.2, -0.15) is 15.0 Å². The van der Waals surface area contributed by atoms with E-state index in [1.165, 1.54) is 12.8 Å². The molecule has 2 aromatic rings. The van der Waals surface area contributed by atoms with Crippen LogP contribution in [-0.4, -0.2) is 22.0 Å². The Morgan fingerprint density at radius 3 is 2.71 bits per heavy atom. The number of aromatic nitrogens is 3. The van der Waals surface area contributed by atoms with Crippen molar-refractivity contribution in [3.8, 4) is 5.69 Å². The van der Waals surface area contributed by atoms with E-state index in [1.54, 1.807) is 4.80 Å². The van der Waals surface area contributed by atoms with Gasteiger partial charge in [-0.3, -0.25) is 0 Å². The van der Waals surface area contributed by atoms with E-state index in [9.17, 15) is 0 Å². The van der Waals surface area contributed by atoms with Crippen molar-refractivity contribution < 1.29 is 0 Å². The van der Waals surface area contributed by atoms with E-state index in [-0.39, 0.29) is 0 Å². The molecular weight excluding hydrogens is 212 g/mol. The molecule has 17 heavy (non-hydrogen) atoms. The van der Waals surface area contributed by atoms with Crippen molar-refractivity contribution in [1.29, 1.82) is 0 Å². The fourth-order valence-electron chi connectivity index (χ4n) is 2.16. The number of nitrogens with one attached hydrogen (secondary N) is 1. The van der Waals surface area contributed by atoms with Crippen LogP contribution in [0.1, 0.15) is 24.6 Å². The predicted octanol–water partition coefficient (Wildman–Crippen LogP) is 1.94. The molecular formula is C13H16N4. The quantitative estimate of drug-likeness (QED) is 0.869. The maximum absolute atomic E-state index is 4.56. The largest absolute Gasteiger partial charge is 0.311 e. The molecule has 0 radical (unpaired) electrons. The van der Waals surface area contributed by atoms with Crippen molar-refractivity contribution in [1.82, 2.24) is 20.3 Å². The Labute approximate surface area is 101 Å². The van der Waals surface area contributed by atoms with Gasteiger partial charge < -0.3 is 5.32 Å². The smallest absolute Gasteiger partial charge is 0.100 e. The first kappa shape index (κ1) is 10.5. The summed E-state index contributed by atoms with van der Waals surface area (Å²) in [7, 11) is 1.99. The summed E-state index contributed by atoms with van der Waals surface area (Å²) in [6.07, 6.45) is 4.46. The second kappa shape index (κ2) is 4.30. The average molecular weight is 228 g/mol. The normalized spacial score (nSPS) is 17.0. The highest BCUT2D eigenvalue weighted by Gasteiger charge is 2.32. The third kappa shape index (κ3) is 2.08. The molecule has 1 aliphatic carbocycles. The summed E-state index contributed by atoms with van der Waals surface area (Å²) in [6, 6.07) is 10.4. The number of rotatable bonds is 4. The molecule has 0 saturated heterocycles. The Hall–Kier alpha value is -1.68. The fourth-order valence-corrected chi connectivity index (χ4v) is 2.16. The standard InChI is InChI=1S/C13H16N4/c1-14-13(10-7-8-10)12-9-15-17(16-12)11-5-3-2-4-6-11/h2-6,9-10,13-14H,7-8H2,1H3. The SMILES string of the molecule is CNC(c1cnn(-c2ccccc2)n1)C1CC1. The van der Waals surface area contributed by atoms with Crippen LogP contribution < -0.4 is 5.32 Å². The van der Waals surface area contributed by atoms with Crippen LogP contribution in [0.15, 0.2) is 36.5 Å². The molecule has 1 N–H and O–H groups in total. The number of nitrogens with zero attached hydrogens (tertiary/aromatic N) is 3. The van der Waals surface area contributed by atoms with Gasteiger partial charge in [-0.1, -0.05) is 18.2 Å². The van der Waals surface area contributed by atoms with Gasteiger partial charge in [0, 0.05) is 0 Å². The van der Waals surface area contributed by atoms with Crippen molar-refractivity contribution >= 4 is 0 Å². The van der Waals surface area contributed by atoms with Crippen LogP contribution in [0.2, 0.25) is 0 Å². The molecule has 1 aliphatic rings. The highest BCUT2D eigenvalue weighted by atomic mass is 15.5. The summed E-state index contributed by atoms with van der Waals surface area (Å²) in [5.74, 6) is 0.737. The Kier molecular flexibility index (Phi) is 2.65. The van der Waals surface area contributed by atoms with Crippen LogP contribution in [-0.2, 0) is 0 Å². The van der Waals surface area contributed by atoms with E-state index in [0.717, 1.165) is 17.3 Å². The fraction of sp³-hybridized carbons (Fsp3) is 0.385. The van der Waals surface area contributed by atoms with E-state index in [4.69, 9.17) is 0 Å². The van der Waals surface area contributed by atoms with Gasteiger partial charge in [-0.25, -0.2) is 0 Å². The molecule has 1 fully saturated rings. The van der Waals surface area contributed by atoms with Gasteiger partial charge in [-0.15, -0.1) is 0 Å². The molecule has 3 rings (SSSR count). The van der Waals surface area contributed by atoms with E-state index in [0.29, 0.717) is 6.04 Å². The average Bonchev–Trinajstić information content (AvgIpc) is 3.09. The Morgan fingerprint density at radius 1 is 1.29 bits per heavy atom. The lowest BCUT2D eigenvalue weighted by Gasteiger charge is -2.10. The summed E-state index contributed by atoms with van der Waals surface area (Å²) in [5, 5.41) is 12.2. The molecule has 1 unspecified atom stereocenters. The zero-order valence-corrected chi connectivity index (χ0v) is 9.87. The second-order valence-electron chi connectivity index (χ2n) is 4.50. The molecule has 0 bridgehead atoms. The number of benzene rings is 1. The molecule has 1 saturated carbocycles. The van der Waals surface area contributed by atoms with Gasteiger partial charge in [0.1, 0.15) is 5.69 Å². The number of hydrogen-bond acceptors (Lipinski definition) is 3. The molecule has 1 atom stereocenters. The minimum Gasteiger partial charge on any atom is -0.311 e. The Morgan fingerprint density at radius 2 is 2.06 bits per heavy atom. The molecule has 1 aromatic heterocycles.